The molecule has 1 amide bonds. The molecule has 0 aliphatic heterocycles. The maximum atomic E-state index is 13.2. The lowest BCUT2D eigenvalue weighted by molar-refractivity contribution is 0.0549. The second-order valence-electron chi connectivity index (χ2n) is 10.8. The first-order valence-corrected chi connectivity index (χ1v) is 13.4. The van der Waals surface area contributed by atoms with Crippen molar-refractivity contribution in [2.75, 3.05) is 4.90 Å². The Kier molecular flexibility index (Phi) is 6.35. The molecule has 6 rings (SSSR count). The van der Waals surface area contributed by atoms with Crippen LogP contribution in [0.1, 0.15) is 40.0 Å². The van der Waals surface area contributed by atoms with E-state index in [4.69, 9.17) is 14.7 Å². The van der Waals surface area contributed by atoms with E-state index in [0.29, 0.717) is 5.82 Å². The third kappa shape index (κ3) is 5.00. The molecular weight excluding hydrogens is 486 g/mol. The smallest absolute Gasteiger partial charge is 0.415 e. The molecule has 2 aromatic carbocycles. The van der Waals surface area contributed by atoms with E-state index in [9.17, 15) is 4.79 Å². The summed E-state index contributed by atoms with van der Waals surface area (Å²) in [6, 6.07) is 28.0. The first-order valence-electron chi connectivity index (χ1n) is 13.4. The third-order valence-corrected chi connectivity index (χ3v) is 6.88. The standard InChI is InChI=1S/C32H31N5O2/c1-32(2,3)39-31(38)36(23-12-9-13-23)24-15-17-25(18-16-24)37-29(27-14-7-8-21-33-27)35-28-20-19-26(34-30(28)37)22-10-5-4-6-11-22/h4-8,10-11,14-21,23H,9,12-13H2,1-3H3. The number of hydrogen-bond donors (Lipinski definition) is 0. The number of nitrogens with zero attached hydrogens (tertiary/aromatic N) is 5. The van der Waals surface area contributed by atoms with Gasteiger partial charge < -0.3 is 4.74 Å². The van der Waals surface area contributed by atoms with Gasteiger partial charge >= 0.3 is 6.09 Å². The average Bonchev–Trinajstić information content (AvgIpc) is 3.29. The van der Waals surface area contributed by atoms with Crippen molar-refractivity contribution in [1.82, 2.24) is 19.5 Å². The highest BCUT2D eigenvalue weighted by atomic mass is 16.6. The highest BCUT2D eigenvalue weighted by molar-refractivity contribution is 5.89. The zero-order valence-corrected chi connectivity index (χ0v) is 22.4. The molecule has 39 heavy (non-hydrogen) atoms. The Morgan fingerprint density at radius 2 is 1.62 bits per heavy atom. The fourth-order valence-electron chi connectivity index (χ4n) is 4.82. The summed E-state index contributed by atoms with van der Waals surface area (Å²) in [6.45, 7) is 5.69. The summed E-state index contributed by atoms with van der Waals surface area (Å²) in [7, 11) is 0. The first kappa shape index (κ1) is 24.8. The van der Waals surface area contributed by atoms with E-state index < -0.39 is 5.60 Å². The monoisotopic (exact) mass is 517 g/mol. The summed E-state index contributed by atoms with van der Waals surface area (Å²) in [5, 5.41) is 0. The van der Waals surface area contributed by atoms with Gasteiger partial charge in [-0.3, -0.25) is 14.5 Å². The molecule has 1 aliphatic rings. The molecule has 1 saturated carbocycles. The molecule has 3 aromatic heterocycles. The summed E-state index contributed by atoms with van der Waals surface area (Å²) >= 11 is 0. The average molecular weight is 518 g/mol. The molecule has 0 radical (unpaired) electrons. The summed E-state index contributed by atoms with van der Waals surface area (Å²) in [5.41, 5.74) is 5.33. The van der Waals surface area contributed by atoms with Crippen LogP contribution in [0.25, 0.3) is 39.6 Å². The predicted molar refractivity (Wildman–Crippen MR) is 154 cm³/mol. The zero-order chi connectivity index (χ0) is 27.0. The topological polar surface area (TPSA) is 73.1 Å². The van der Waals surface area contributed by atoms with E-state index in [-0.39, 0.29) is 12.1 Å². The van der Waals surface area contributed by atoms with E-state index in [1.807, 2.05) is 98.1 Å². The van der Waals surface area contributed by atoms with Crippen molar-refractivity contribution in [2.45, 2.75) is 51.7 Å². The van der Waals surface area contributed by atoms with Gasteiger partial charge in [0, 0.05) is 29.2 Å². The van der Waals surface area contributed by atoms with Gasteiger partial charge in [-0.1, -0.05) is 36.4 Å². The molecular formula is C32H31N5O2. The van der Waals surface area contributed by atoms with Crippen molar-refractivity contribution in [3.8, 4) is 28.5 Å². The van der Waals surface area contributed by atoms with Gasteiger partial charge in [0.1, 0.15) is 16.8 Å². The van der Waals surface area contributed by atoms with Crippen LogP contribution in [0.4, 0.5) is 10.5 Å². The quantitative estimate of drug-likeness (QED) is 0.242. The Morgan fingerprint density at radius 1 is 0.872 bits per heavy atom. The van der Waals surface area contributed by atoms with Gasteiger partial charge in [0.25, 0.3) is 0 Å². The van der Waals surface area contributed by atoms with Crippen molar-refractivity contribution >= 4 is 22.9 Å². The van der Waals surface area contributed by atoms with Gasteiger partial charge in [-0.25, -0.2) is 14.8 Å². The fourth-order valence-corrected chi connectivity index (χ4v) is 4.82. The maximum absolute atomic E-state index is 13.2. The van der Waals surface area contributed by atoms with Crippen LogP contribution in [-0.2, 0) is 4.74 Å². The number of anilines is 1. The molecule has 0 N–H and O–H groups in total. The van der Waals surface area contributed by atoms with Crippen LogP contribution in [0, 0.1) is 0 Å². The number of rotatable bonds is 5. The van der Waals surface area contributed by atoms with Crippen molar-refractivity contribution in [3.05, 3.63) is 91.1 Å². The van der Waals surface area contributed by atoms with E-state index in [1.54, 1.807) is 11.1 Å². The summed E-state index contributed by atoms with van der Waals surface area (Å²) in [6.07, 6.45) is 4.52. The number of fused-ring (bicyclic) bond motifs is 1. The summed E-state index contributed by atoms with van der Waals surface area (Å²) < 4.78 is 7.79. The molecule has 0 saturated heterocycles. The van der Waals surface area contributed by atoms with Crippen LogP contribution < -0.4 is 4.90 Å². The van der Waals surface area contributed by atoms with Crippen molar-refractivity contribution in [3.63, 3.8) is 0 Å². The highest BCUT2D eigenvalue weighted by Crippen LogP contribution is 2.33. The molecule has 196 valence electrons. The predicted octanol–water partition coefficient (Wildman–Crippen LogP) is 7.44. The lowest BCUT2D eigenvalue weighted by Crippen LogP contribution is -2.46. The zero-order valence-electron chi connectivity index (χ0n) is 22.4. The maximum Gasteiger partial charge on any atom is 0.415 e. The van der Waals surface area contributed by atoms with E-state index >= 15 is 0 Å². The minimum absolute atomic E-state index is 0.152. The van der Waals surface area contributed by atoms with Gasteiger partial charge in [-0.05, 0) is 88.6 Å². The number of carbonyl (C=O) groups is 1. The number of imidazole rings is 1. The van der Waals surface area contributed by atoms with Gasteiger partial charge in [0.15, 0.2) is 11.5 Å². The summed E-state index contributed by atoms with van der Waals surface area (Å²) in [5.74, 6) is 0.707. The first-order chi connectivity index (χ1) is 18.9. The second kappa shape index (κ2) is 9.98. The van der Waals surface area contributed by atoms with Crippen LogP contribution in [0.3, 0.4) is 0 Å². The van der Waals surface area contributed by atoms with Crippen LogP contribution in [0.5, 0.6) is 0 Å². The van der Waals surface area contributed by atoms with Gasteiger partial charge in [0.2, 0.25) is 0 Å². The fraction of sp³-hybridized carbons (Fsp3) is 0.250. The van der Waals surface area contributed by atoms with Crippen molar-refractivity contribution in [1.29, 1.82) is 0 Å². The largest absolute Gasteiger partial charge is 0.443 e. The van der Waals surface area contributed by atoms with Gasteiger partial charge in [0.05, 0.1) is 5.69 Å². The number of pyridine rings is 2. The third-order valence-electron chi connectivity index (χ3n) is 6.88. The van der Waals surface area contributed by atoms with Crippen molar-refractivity contribution in [2.24, 2.45) is 0 Å². The lowest BCUT2D eigenvalue weighted by atomic mass is 9.91. The van der Waals surface area contributed by atoms with E-state index in [2.05, 4.69) is 17.1 Å². The molecule has 1 aliphatic carbocycles. The normalized spacial score (nSPS) is 13.7. The van der Waals surface area contributed by atoms with Crippen LogP contribution in [0.15, 0.2) is 91.1 Å². The number of carbonyl (C=O) groups excluding carboxylic acids is 1. The lowest BCUT2D eigenvalue weighted by Gasteiger charge is -2.38. The molecule has 0 unspecified atom stereocenters. The Bertz CT molecular complexity index is 1600. The Morgan fingerprint density at radius 3 is 2.26 bits per heavy atom. The Balaban J connectivity index is 1.45. The molecule has 3 heterocycles. The van der Waals surface area contributed by atoms with Gasteiger partial charge in [-0.2, -0.15) is 0 Å². The number of benzene rings is 2. The molecule has 0 bridgehead atoms. The second-order valence-corrected chi connectivity index (χ2v) is 10.8. The van der Waals surface area contributed by atoms with Gasteiger partial charge in [-0.15, -0.1) is 0 Å². The Hall–Kier alpha value is -4.52. The number of hydrogen-bond acceptors (Lipinski definition) is 5. The van der Waals surface area contributed by atoms with Crippen LogP contribution in [-0.4, -0.2) is 37.3 Å². The highest BCUT2D eigenvalue weighted by Gasteiger charge is 2.33. The number of amides is 1. The molecule has 0 atom stereocenters. The molecule has 7 nitrogen and oxygen atoms in total. The van der Waals surface area contributed by atoms with Crippen molar-refractivity contribution < 1.29 is 9.53 Å². The van der Waals surface area contributed by atoms with Crippen LogP contribution >= 0.6 is 0 Å². The molecule has 0 spiro atoms. The van der Waals surface area contributed by atoms with E-state index in [0.717, 1.165) is 58.8 Å². The van der Waals surface area contributed by atoms with E-state index in [1.165, 1.54) is 0 Å². The van der Waals surface area contributed by atoms with Crippen LogP contribution in [0.2, 0.25) is 0 Å². The number of aromatic nitrogens is 4. The molecule has 7 heteroatoms. The number of ether oxygens (including phenoxy) is 1. The minimum Gasteiger partial charge on any atom is -0.443 e. The minimum atomic E-state index is -0.561. The SMILES string of the molecule is CC(C)(C)OC(=O)N(c1ccc(-n2c(-c3ccccn3)nc3ccc(-c4ccccc4)nc32)cc1)C1CCC1. The molecule has 1 fully saturated rings. The molecule has 5 aromatic rings. The Labute approximate surface area is 228 Å². The summed E-state index contributed by atoms with van der Waals surface area (Å²) in [4.78, 5) is 29.5.